The quantitative estimate of drug-likeness (QED) is 0.542. The van der Waals surface area contributed by atoms with E-state index in [4.69, 9.17) is 14.7 Å². The fourth-order valence-electron chi connectivity index (χ4n) is 4.47. The number of ether oxygens (including phenoxy) is 1. The molecule has 160 valence electrons. The van der Waals surface area contributed by atoms with Gasteiger partial charge in [0.15, 0.2) is 0 Å². The molecule has 4 aromatic rings. The Morgan fingerprint density at radius 1 is 1.06 bits per heavy atom. The highest BCUT2D eigenvalue weighted by Gasteiger charge is 2.36. The fourth-order valence-corrected chi connectivity index (χ4v) is 4.47. The molecule has 4 heterocycles. The van der Waals surface area contributed by atoms with Gasteiger partial charge in [-0.2, -0.15) is 0 Å². The van der Waals surface area contributed by atoms with Crippen molar-refractivity contribution < 1.29 is 4.74 Å². The predicted molar refractivity (Wildman–Crippen MR) is 123 cm³/mol. The summed E-state index contributed by atoms with van der Waals surface area (Å²) in [6.45, 7) is 2.06. The van der Waals surface area contributed by atoms with Crippen molar-refractivity contribution >= 4 is 22.9 Å². The standard InChI is InChI=1S/C24H23N7O/c1-32-21-11-5-2-8-18(21)22-28-23-26-15-29(14-17-7-6-12-25-13-17)16-30(23)24-27-19-9-3-4-10-20(19)31(22)24/h2-13,22H,14-16H2,1H3,(H,26,28)/t22-/m0/s1. The molecule has 2 aliphatic heterocycles. The van der Waals surface area contributed by atoms with Crippen molar-refractivity contribution in [3.05, 3.63) is 84.2 Å². The average molecular weight is 425 g/mol. The number of hydrogen-bond donors (Lipinski definition) is 1. The molecule has 0 spiro atoms. The zero-order valence-corrected chi connectivity index (χ0v) is 17.7. The van der Waals surface area contributed by atoms with Crippen LogP contribution in [0.4, 0.5) is 5.95 Å². The molecule has 1 N–H and O–H groups in total. The summed E-state index contributed by atoms with van der Waals surface area (Å²) in [5.41, 5.74) is 4.22. The van der Waals surface area contributed by atoms with Crippen LogP contribution in [0.25, 0.3) is 11.0 Å². The molecule has 32 heavy (non-hydrogen) atoms. The maximum Gasteiger partial charge on any atom is 0.216 e. The van der Waals surface area contributed by atoms with Crippen molar-refractivity contribution in [1.29, 1.82) is 0 Å². The summed E-state index contributed by atoms with van der Waals surface area (Å²) < 4.78 is 7.92. The van der Waals surface area contributed by atoms with Gasteiger partial charge in [-0.25, -0.2) is 9.98 Å². The van der Waals surface area contributed by atoms with Crippen LogP contribution >= 0.6 is 0 Å². The van der Waals surface area contributed by atoms with Gasteiger partial charge in [-0.3, -0.25) is 19.4 Å². The second-order valence-electron chi connectivity index (χ2n) is 7.94. The predicted octanol–water partition coefficient (Wildman–Crippen LogP) is 3.18. The molecule has 0 saturated carbocycles. The minimum Gasteiger partial charge on any atom is -0.496 e. The van der Waals surface area contributed by atoms with E-state index in [9.17, 15) is 0 Å². The van der Waals surface area contributed by atoms with Gasteiger partial charge in [0.25, 0.3) is 0 Å². The fraction of sp³-hybridized carbons (Fsp3) is 0.208. The highest BCUT2D eigenvalue weighted by atomic mass is 16.5. The van der Waals surface area contributed by atoms with Crippen LogP contribution in [-0.2, 0) is 6.54 Å². The second-order valence-corrected chi connectivity index (χ2v) is 7.94. The van der Waals surface area contributed by atoms with Crippen LogP contribution in [-0.4, -0.2) is 45.8 Å². The molecule has 2 aliphatic rings. The second kappa shape index (κ2) is 7.65. The van der Waals surface area contributed by atoms with Crippen molar-refractivity contribution in [2.24, 2.45) is 4.99 Å². The van der Waals surface area contributed by atoms with Crippen molar-refractivity contribution in [3.8, 4) is 5.75 Å². The zero-order valence-electron chi connectivity index (χ0n) is 17.7. The number of pyridine rings is 1. The Kier molecular flexibility index (Phi) is 4.50. The molecule has 0 aliphatic carbocycles. The maximum atomic E-state index is 5.68. The first-order valence-electron chi connectivity index (χ1n) is 10.6. The normalized spacial score (nSPS) is 18.0. The molecule has 0 radical (unpaired) electrons. The third kappa shape index (κ3) is 3.07. The lowest BCUT2D eigenvalue weighted by atomic mass is 10.1. The number of anilines is 1. The molecular formula is C24H23N7O. The van der Waals surface area contributed by atoms with Crippen LogP contribution in [0.5, 0.6) is 5.75 Å². The molecule has 0 fully saturated rings. The van der Waals surface area contributed by atoms with Crippen LogP contribution in [0.2, 0.25) is 0 Å². The molecular weight excluding hydrogens is 402 g/mol. The van der Waals surface area contributed by atoms with Gasteiger partial charge < -0.3 is 10.1 Å². The molecule has 2 aromatic carbocycles. The molecule has 2 aromatic heterocycles. The lowest BCUT2D eigenvalue weighted by Crippen LogP contribution is -2.57. The topological polar surface area (TPSA) is 70.8 Å². The van der Waals surface area contributed by atoms with Crippen molar-refractivity contribution in [2.75, 3.05) is 25.3 Å². The lowest BCUT2D eigenvalue weighted by Gasteiger charge is -2.41. The highest BCUT2D eigenvalue weighted by molar-refractivity contribution is 5.99. The van der Waals surface area contributed by atoms with E-state index < -0.39 is 0 Å². The largest absolute Gasteiger partial charge is 0.496 e. The summed E-state index contributed by atoms with van der Waals surface area (Å²) in [6, 6.07) is 20.4. The first-order valence-corrected chi connectivity index (χ1v) is 10.6. The van der Waals surface area contributed by atoms with Gasteiger partial charge in [-0.1, -0.05) is 36.4 Å². The van der Waals surface area contributed by atoms with Gasteiger partial charge in [0.1, 0.15) is 11.9 Å². The molecule has 0 saturated heterocycles. The first kappa shape index (κ1) is 18.8. The number of aromatic nitrogens is 3. The van der Waals surface area contributed by atoms with Crippen molar-refractivity contribution in [1.82, 2.24) is 24.8 Å². The van der Waals surface area contributed by atoms with Gasteiger partial charge in [0, 0.05) is 24.5 Å². The van der Waals surface area contributed by atoms with E-state index in [2.05, 4.69) is 42.9 Å². The van der Waals surface area contributed by atoms with Crippen molar-refractivity contribution in [2.45, 2.75) is 12.7 Å². The van der Waals surface area contributed by atoms with Crippen LogP contribution in [0.1, 0.15) is 17.3 Å². The Morgan fingerprint density at radius 3 is 2.81 bits per heavy atom. The third-order valence-electron chi connectivity index (χ3n) is 5.92. The van der Waals surface area contributed by atoms with Gasteiger partial charge >= 0.3 is 0 Å². The summed E-state index contributed by atoms with van der Waals surface area (Å²) in [7, 11) is 1.70. The number of benzene rings is 2. The number of imidazole rings is 1. The van der Waals surface area contributed by atoms with Crippen LogP contribution < -0.4 is 15.0 Å². The maximum absolute atomic E-state index is 5.68. The Bertz CT molecular complexity index is 1300. The number of rotatable bonds is 4. The van der Waals surface area contributed by atoms with Crippen molar-refractivity contribution in [3.63, 3.8) is 0 Å². The number of methoxy groups -OCH3 is 1. The Morgan fingerprint density at radius 2 is 1.94 bits per heavy atom. The van der Waals surface area contributed by atoms with E-state index in [0.717, 1.165) is 46.4 Å². The van der Waals surface area contributed by atoms with Gasteiger partial charge in [0.2, 0.25) is 11.9 Å². The number of guanidine groups is 1. The third-order valence-corrected chi connectivity index (χ3v) is 5.92. The molecule has 8 nitrogen and oxygen atoms in total. The van der Waals surface area contributed by atoms with Gasteiger partial charge in [-0.15, -0.1) is 0 Å². The summed E-state index contributed by atoms with van der Waals surface area (Å²) >= 11 is 0. The number of aliphatic imine (C=N–C) groups is 1. The van der Waals surface area contributed by atoms with Crippen LogP contribution in [0.3, 0.4) is 0 Å². The Balaban J connectivity index is 1.44. The van der Waals surface area contributed by atoms with Gasteiger partial charge in [0.05, 0.1) is 31.5 Å². The molecule has 0 unspecified atom stereocenters. The summed E-state index contributed by atoms with van der Waals surface area (Å²) in [6.07, 6.45) is 3.53. The van der Waals surface area contributed by atoms with Crippen LogP contribution in [0, 0.1) is 0 Å². The number of nitrogens with zero attached hydrogens (tertiary/aromatic N) is 6. The average Bonchev–Trinajstić information content (AvgIpc) is 3.24. The minimum absolute atomic E-state index is 0.173. The number of hydrogen-bond acceptors (Lipinski definition) is 7. The van der Waals surface area contributed by atoms with E-state index in [1.807, 2.05) is 48.7 Å². The smallest absolute Gasteiger partial charge is 0.216 e. The summed E-state index contributed by atoms with van der Waals surface area (Å²) in [5.74, 6) is 2.53. The van der Waals surface area contributed by atoms with E-state index in [0.29, 0.717) is 13.3 Å². The van der Waals surface area contributed by atoms with E-state index in [1.54, 1.807) is 13.3 Å². The SMILES string of the molecule is COc1ccccc1[C@H]1NC2=NCN(Cc3cccnc3)CN2c2nc3ccccc3n21. The van der Waals surface area contributed by atoms with E-state index in [-0.39, 0.29) is 6.17 Å². The Labute approximate surface area is 185 Å². The number of nitrogens with one attached hydrogen (secondary N) is 1. The van der Waals surface area contributed by atoms with E-state index >= 15 is 0 Å². The zero-order chi connectivity index (χ0) is 21.5. The lowest BCUT2D eigenvalue weighted by molar-refractivity contribution is 0.263. The van der Waals surface area contributed by atoms with E-state index in [1.165, 1.54) is 0 Å². The minimum atomic E-state index is -0.173. The summed E-state index contributed by atoms with van der Waals surface area (Å²) in [5, 5.41) is 3.65. The first-order chi connectivity index (χ1) is 15.8. The highest BCUT2D eigenvalue weighted by Crippen LogP contribution is 2.36. The summed E-state index contributed by atoms with van der Waals surface area (Å²) in [4.78, 5) is 18.5. The number of para-hydroxylation sites is 3. The number of fused-ring (bicyclic) bond motifs is 5. The monoisotopic (exact) mass is 425 g/mol. The molecule has 0 bridgehead atoms. The molecule has 6 rings (SSSR count). The van der Waals surface area contributed by atoms with Crippen LogP contribution in [0.15, 0.2) is 78.0 Å². The Hall–Kier alpha value is -3.91. The molecule has 0 amide bonds. The molecule has 1 atom stereocenters. The molecule has 8 heteroatoms. The van der Waals surface area contributed by atoms with Gasteiger partial charge in [-0.05, 0) is 29.8 Å².